The first-order chi connectivity index (χ1) is 13.6. The number of hydrogen-bond acceptors (Lipinski definition) is 4. The Morgan fingerprint density at radius 3 is 2.54 bits per heavy atom. The monoisotopic (exact) mass is 398 g/mol. The predicted molar refractivity (Wildman–Crippen MR) is 110 cm³/mol. The number of carbonyl (C=O) groups excluding carboxylic acids is 1. The van der Waals surface area contributed by atoms with Crippen molar-refractivity contribution in [3.8, 4) is 5.75 Å². The Morgan fingerprint density at radius 1 is 1.07 bits per heavy atom. The number of nitrogens with zero attached hydrogens (tertiary/aromatic N) is 2. The third-order valence-electron chi connectivity index (χ3n) is 5.20. The number of piperazine rings is 1. The lowest BCUT2D eigenvalue weighted by atomic mass is 10.1. The smallest absolute Gasteiger partial charge is 0.289 e. The molecular formula is C22H23ClN2O3. The normalized spacial score (nSPS) is 15.1. The van der Waals surface area contributed by atoms with Crippen LogP contribution in [0.15, 0.2) is 52.9 Å². The van der Waals surface area contributed by atoms with Crippen LogP contribution in [0.2, 0.25) is 5.02 Å². The van der Waals surface area contributed by atoms with Crippen molar-refractivity contribution in [3.63, 3.8) is 0 Å². The van der Waals surface area contributed by atoms with Crippen LogP contribution in [0.1, 0.15) is 16.1 Å². The van der Waals surface area contributed by atoms with Crippen LogP contribution >= 0.6 is 11.6 Å². The highest BCUT2D eigenvalue weighted by Crippen LogP contribution is 2.26. The van der Waals surface area contributed by atoms with Crippen LogP contribution in [0.3, 0.4) is 0 Å². The van der Waals surface area contributed by atoms with Crippen molar-refractivity contribution in [3.05, 3.63) is 64.9 Å². The van der Waals surface area contributed by atoms with Gasteiger partial charge in [0.25, 0.3) is 5.91 Å². The molecule has 0 radical (unpaired) electrons. The fourth-order valence-electron chi connectivity index (χ4n) is 3.54. The predicted octanol–water partition coefficient (Wildman–Crippen LogP) is 4.23. The van der Waals surface area contributed by atoms with Gasteiger partial charge in [0.1, 0.15) is 17.9 Å². The van der Waals surface area contributed by atoms with Gasteiger partial charge in [-0.3, -0.25) is 9.69 Å². The molecule has 1 amide bonds. The van der Waals surface area contributed by atoms with E-state index < -0.39 is 0 Å². The van der Waals surface area contributed by atoms with E-state index in [-0.39, 0.29) is 5.91 Å². The zero-order valence-electron chi connectivity index (χ0n) is 15.9. The molecule has 5 nitrogen and oxygen atoms in total. The van der Waals surface area contributed by atoms with Crippen LogP contribution in [0.4, 0.5) is 0 Å². The van der Waals surface area contributed by atoms with Gasteiger partial charge in [0, 0.05) is 43.7 Å². The number of benzene rings is 2. The first-order valence-electron chi connectivity index (χ1n) is 9.50. The summed E-state index contributed by atoms with van der Waals surface area (Å²) in [6.45, 7) is 6.31. The minimum atomic E-state index is -0.0272. The standard InChI is InChI=1S/C22H23ClN2O3/c1-16-17-6-2-4-8-19(17)28-21(16)22(26)25-12-10-24(11-13-25)14-15-27-20-9-5-3-7-18(20)23/h2-9H,10-15H2,1H3. The van der Waals surface area contributed by atoms with Crippen LogP contribution in [0, 0.1) is 6.92 Å². The second-order valence-electron chi connectivity index (χ2n) is 6.97. The van der Waals surface area contributed by atoms with Crippen molar-refractivity contribution in [1.29, 1.82) is 0 Å². The topological polar surface area (TPSA) is 45.9 Å². The van der Waals surface area contributed by atoms with E-state index in [0.29, 0.717) is 36.2 Å². The molecule has 146 valence electrons. The number of furan rings is 1. The quantitative estimate of drug-likeness (QED) is 0.645. The maximum Gasteiger partial charge on any atom is 0.289 e. The van der Waals surface area contributed by atoms with Gasteiger partial charge >= 0.3 is 0 Å². The van der Waals surface area contributed by atoms with E-state index in [9.17, 15) is 4.79 Å². The first kappa shape index (κ1) is 18.8. The van der Waals surface area contributed by atoms with Gasteiger partial charge in [0.15, 0.2) is 5.76 Å². The lowest BCUT2D eigenvalue weighted by molar-refractivity contribution is 0.0591. The molecular weight excluding hydrogens is 376 g/mol. The van der Waals surface area contributed by atoms with Gasteiger partial charge < -0.3 is 14.1 Å². The second kappa shape index (κ2) is 8.25. The molecule has 2 aromatic carbocycles. The molecule has 0 bridgehead atoms. The molecule has 1 aromatic heterocycles. The Hall–Kier alpha value is -2.50. The number of carbonyl (C=O) groups is 1. The molecule has 1 aliphatic heterocycles. The van der Waals surface area contributed by atoms with Crippen LogP contribution in [0.5, 0.6) is 5.75 Å². The minimum absolute atomic E-state index is 0.0272. The fourth-order valence-corrected chi connectivity index (χ4v) is 3.73. The number of rotatable bonds is 5. The van der Waals surface area contributed by atoms with Crippen molar-refractivity contribution >= 4 is 28.5 Å². The molecule has 0 unspecified atom stereocenters. The highest BCUT2D eigenvalue weighted by atomic mass is 35.5. The Kier molecular flexibility index (Phi) is 5.55. The number of hydrogen-bond donors (Lipinski definition) is 0. The molecule has 0 spiro atoms. The number of halogens is 1. The van der Waals surface area contributed by atoms with Crippen molar-refractivity contribution < 1.29 is 13.9 Å². The Bertz CT molecular complexity index is 977. The molecule has 3 aromatic rings. The maximum absolute atomic E-state index is 12.9. The molecule has 1 aliphatic rings. The van der Waals surface area contributed by atoms with Crippen LogP contribution in [-0.2, 0) is 0 Å². The molecule has 28 heavy (non-hydrogen) atoms. The first-order valence-corrected chi connectivity index (χ1v) is 9.88. The van der Waals surface area contributed by atoms with Gasteiger partial charge in [-0.15, -0.1) is 0 Å². The maximum atomic E-state index is 12.9. The summed E-state index contributed by atoms with van der Waals surface area (Å²) in [5, 5.41) is 1.63. The van der Waals surface area contributed by atoms with E-state index in [1.807, 2.05) is 60.4 Å². The summed E-state index contributed by atoms with van der Waals surface area (Å²) in [4.78, 5) is 17.1. The number of amides is 1. The van der Waals surface area contributed by atoms with Crippen molar-refractivity contribution in [1.82, 2.24) is 9.80 Å². The second-order valence-corrected chi connectivity index (χ2v) is 7.37. The molecule has 6 heteroatoms. The van der Waals surface area contributed by atoms with E-state index in [2.05, 4.69) is 4.90 Å². The van der Waals surface area contributed by atoms with Gasteiger partial charge in [-0.25, -0.2) is 0 Å². The lowest BCUT2D eigenvalue weighted by Gasteiger charge is -2.34. The molecule has 1 fully saturated rings. The summed E-state index contributed by atoms with van der Waals surface area (Å²) in [6.07, 6.45) is 0. The molecule has 4 rings (SSSR count). The number of para-hydroxylation sites is 2. The molecule has 0 atom stereocenters. The Morgan fingerprint density at radius 2 is 1.79 bits per heavy atom. The Labute approximate surface area is 169 Å². The van der Waals surface area contributed by atoms with Crippen LogP contribution in [0.25, 0.3) is 11.0 Å². The zero-order valence-corrected chi connectivity index (χ0v) is 16.6. The summed E-state index contributed by atoms with van der Waals surface area (Å²) < 4.78 is 11.6. The average molecular weight is 399 g/mol. The van der Waals surface area contributed by atoms with E-state index >= 15 is 0 Å². The SMILES string of the molecule is Cc1c(C(=O)N2CCN(CCOc3ccccc3Cl)CC2)oc2ccccc12. The summed E-state index contributed by atoms with van der Waals surface area (Å²) >= 11 is 6.11. The Balaban J connectivity index is 1.30. The fraction of sp³-hybridized carbons (Fsp3) is 0.318. The summed E-state index contributed by atoms with van der Waals surface area (Å²) in [5.74, 6) is 1.13. The third kappa shape index (κ3) is 3.86. The van der Waals surface area contributed by atoms with Crippen LogP contribution in [-0.4, -0.2) is 55.0 Å². The zero-order chi connectivity index (χ0) is 19.5. The summed E-state index contributed by atoms with van der Waals surface area (Å²) in [6, 6.07) is 15.3. The van der Waals surface area contributed by atoms with Gasteiger partial charge in [-0.2, -0.15) is 0 Å². The van der Waals surface area contributed by atoms with Gasteiger partial charge in [-0.1, -0.05) is 41.9 Å². The van der Waals surface area contributed by atoms with Gasteiger partial charge in [-0.05, 0) is 25.1 Å². The van der Waals surface area contributed by atoms with E-state index in [1.165, 1.54) is 0 Å². The molecule has 2 heterocycles. The van der Waals surface area contributed by atoms with Gasteiger partial charge in [0.2, 0.25) is 0 Å². The summed E-state index contributed by atoms with van der Waals surface area (Å²) in [7, 11) is 0. The van der Waals surface area contributed by atoms with Crippen molar-refractivity contribution in [2.24, 2.45) is 0 Å². The largest absolute Gasteiger partial charge is 0.491 e. The highest BCUT2D eigenvalue weighted by Gasteiger charge is 2.26. The molecule has 0 N–H and O–H groups in total. The number of aryl methyl sites for hydroxylation is 1. The number of fused-ring (bicyclic) bond motifs is 1. The molecule has 0 aliphatic carbocycles. The van der Waals surface area contributed by atoms with Crippen molar-refractivity contribution in [2.45, 2.75) is 6.92 Å². The van der Waals surface area contributed by atoms with Crippen LogP contribution < -0.4 is 4.74 Å². The molecule has 0 saturated carbocycles. The van der Waals surface area contributed by atoms with E-state index in [0.717, 1.165) is 36.2 Å². The van der Waals surface area contributed by atoms with E-state index in [4.69, 9.17) is 20.8 Å². The average Bonchev–Trinajstić information content (AvgIpc) is 3.06. The highest BCUT2D eigenvalue weighted by molar-refractivity contribution is 6.32. The minimum Gasteiger partial charge on any atom is -0.491 e. The molecule has 1 saturated heterocycles. The lowest BCUT2D eigenvalue weighted by Crippen LogP contribution is -2.49. The third-order valence-corrected chi connectivity index (χ3v) is 5.51. The van der Waals surface area contributed by atoms with Gasteiger partial charge in [0.05, 0.1) is 5.02 Å². The number of ether oxygens (including phenoxy) is 1. The summed E-state index contributed by atoms with van der Waals surface area (Å²) in [5.41, 5.74) is 1.68. The van der Waals surface area contributed by atoms with E-state index in [1.54, 1.807) is 0 Å². The van der Waals surface area contributed by atoms with Crippen molar-refractivity contribution in [2.75, 3.05) is 39.3 Å².